The Morgan fingerprint density at radius 3 is 2.52 bits per heavy atom. The summed E-state index contributed by atoms with van der Waals surface area (Å²) in [5.41, 5.74) is 2.05. The van der Waals surface area contributed by atoms with Crippen molar-refractivity contribution in [2.75, 3.05) is 7.11 Å². The zero-order valence-electron chi connectivity index (χ0n) is 18.8. The number of hydrogen-bond acceptors (Lipinski definition) is 3. The summed E-state index contributed by atoms with van der Waals surface area (Å²) in [6.45, 7) is 2.52. The molecule has 1 unspecified atom stereocenters. The summed E-state index contributed by atoms with van der Waals surface area (Å²) in [6, 6.07) is 12.0. The van der Waals surface area contributed by atoms with Crippen LogP contribution in [-0.2, 0) is 16.1 Å². The van der Waals surface area contributed by atoms with Gasteiger partial charge in [0.1, 0.15) is 5.82 Å². The molecule has 3 aromatic rings. The molecule has 0 bridgehead atoms. The molecule has 1 aliphatic carbocycles. The Balaban J connectivity index is 1.52. The highest BCUT2D eigenvalue weighted by atomic mass is 35.5. The smallest absolute Gasteiger partial charge is 0.308 e. The lowest BCUT2D eigenvalue weighted by Crippen LogP contribution is -2.40. The molecule has 1 N–H and O–H groups in total. The van der Waals surface area contributed by atoms with Crippen molar-refractivity contribution in [3.8, 4) is 0 Å². The number of methoxy groups -OCH3 is 1. The van der Waals surface area contributed by atoms with Gasteiger partial charge in [-0.15, -0.1) is 0 Å². The molecule has 7 heteroatoms. The number of esters is 1. The fraction of sp³-hybridized carbons (Fsp3) is 0.385. The van der Waals surface area contributed by atoms with Gasteiger partial charge in [-0.05, 0) is 74.4 Å². The van der Waals surface area contributed by atoms with Crippen molar-refractivity contribution < 1.29 is 18.7 Å². The highest BCUT2D eigenvalue weighted by molar-refractivity contribution is 6.30. The van der Waals surface area contributed by atoms with E-state index < -0.39 is 5.82 Å². The van der Waals surface area contributed by atoms with Crippen LogP contribution in [0.2, 0.25) is 5.02 Å². The number of fused-ring (bicyclic) bond motifs is 1. The Bertz CT molecular complexity index is 1150. The van der Waals surface area contributed by atoms with Crippen LogP contribution >= 0.6 is 11.6 Å². The van der Waals surface area contributed by atoms with Crippen LogP contribution in [0, 0.1) is 17.7 Å². The van der Waals surface area contributed by atoms with E-state index in [9.17, 15) is 14.0 Å². The molecule has 33 heavy (non-hydrogen) atoms. The van der Waals surface area contributed by atoms with Crippen LogP contribution in [0.15, 0.2) is 48.7 Å². The Kier molecular flexibility index (Phi) is 7.03. The third kappa shape index (κ3) is 5.22. The molecule has 1 saturated carbocycles. The van der Waals surface area contributed by atoms with Gasteiger partial charge in [0, 0.05) is 29.2 Å². The monoisotopic (exact) mass is 470 g/mol. The van der Waals surface area contributed by atoms with Crippen LogP contribution in [0.5, 0.6) is 0 Å². The molecule has 1 aliphatic rings. The van der Waals surface area contributed by atoms with Gasteiger partial charge in [0.15, 0.2) is 0 Å². The van der Waals surface area contributed by atoms with Gasteiger partial charge in [-0.2, -0.15) is 0 Å². The topological polar surface area (TPSA) is 60.3 Å². The first-order valence-electron chi connectivity index (χ1n) is 11.3. The molecule has 4 rings (SSSR count). The molecule has 5 nitrogen and oxygen atoms in total. The first-order valence-corrected chi connectivity index (χ1v) is 11.6. The number of benzene rings is 2. The van der Waals surface area contributed by atoms with E-state index in [1.165, 1.54) is 19.2 Å². The van der Waals surface area contributed by atoms with Gasteiger partial charge in [-0.3, -0.25) is 9.59 Å². The Morgan fingerprint density at radius 1 is 1.15 bits per heavy atom. The summed E-state index contributed by atoms with van der Waals surface area (Å²) in [4.78, 5) is 25.0. The third-order valence-electron chi connectivity index (χ3n) is 6.71. The van der Waals surface area contributed by atoms with Crippen LogP contribution in [-0.4, -0.2) is 29.6 Å². The van der Waals surface area contributed by atoms with Gasteiger partial charge in [0.25, 0.3) is 5.91 Å². The lowest BCUT2D eigenvalue weighted by atomic mass is 9.79. The summed E-state index contributed by atoms with van der Waals surface area (Å²) < 4.78 is 21.2. The predicted molar refractivity (Wildman–Crippen MR) is 127 cm³/mol. The summed E-state index contributed by atoms with van der Waals surface area (Å²) in [6.07, 6.45) is 5.06. The van der Waals surface area contributed by atoms with Gasteiger partial charge in [-0.25, -0.2) is 4.39 Å². The van der Waals surface area contributed by atoms with Crippen molar-refractivity contribution in [3.63, 3.8) is 0 Å². The standard InChI is InChI=1S/C26H28ClFN2O3/c1-16(18-5-7-19(8-6-18)26(32)33-2)29-25(31)23-14-22(28)13-20-11-12-30(24(20)23)15-17-3-9-21(27)10-4-17/h3-4,9-14,16,18-19H,5-8,15H2,1-2H3,(H,29,31)/t16?,18-,19-. The molecular weight excluding hydrogens is 443 g/mol. The average molecular weight is 471 g/mol. The molecule has 1 atom stereocenters. The summed E-state index contributed by atoms with van der Waals surface area (Å²) >= 11 is 5.99. The Labute approximate surface area is 197 Å². The summed E-state index contributed by atoms with van der Waals surface area (Å²) in [5.74, 6) is -0.692. The van der Waals surface area contributed by atoms with Gasteiger partial charge >= 0.3 is 5.97 Å². The van der Waals surface area contributed by atoms with Crippen molar-refractivity contribution in [1.29, 1.82) is 0 Å². The first kappa shape index (κ1) is 23.3. The number of rotatable bonds is 6. The summed E-state index contributed by atoms with van der Waals surface area (Å²) in [5, 5.41) is 4.42. The Morgan fingerprint density at radius 2 is 1.85 bits per heavy atom. The SMILES string of the molecule is COC(=O)[C@H]1CC[C@H](C(C)NC(=O)c2cc(F)cc3ccn(Cc4ccc(Cl)cc4)c23)CC1. The van der Waals surface area contributed by atoms with E-state index >= 15 is 0 Å². The van der Waals surface area contributed by atoms with Crippen LogP contribution in [0.4, 0.5) is 4.39 Å². The summed E-state index contributed by atoms with van der Waals surface area (Å²) in [7, 11) is 1.42. The van der Waals surface area contributed by atoms with Crippen molar-refractivity contribution in [2.24, 2.45) is 11.8 Å². The quantitative estimate of drug-likeness (QED) is 0.478. The van der Waals surface area contributed by atoms with Crippen molar-refractivity contribution in [1.82, 2.24) is 9.88 Å². The molecule has 0 aliphatic heterocycles. The molecule has 0 saturated heterocycles. The first-order chi connectivity index (χ1) is 15.9. The lowest BCUT2D eigenvalue weighted by molar-refractivity contribution is -0.146. The fourth-order valence-corrected chi connectivity index (χ4v) is 4.95. The molecule has 1 aromatic heterocycles. The minimum absolute atomic E-state index is 0.0619. The van der Waals surface area contributed by atoms with E-state index in [1.54, 1.807) is 0 Å². The van der Waals surface area contributed by atoms with Crippen molar-refractivity contribution in [2.45, 2.75) is 45.2 Å². The second kappa shape index (κ2) is 9.96. The maximum Gasteiger partial charge on any atom is 0.308 e. The van der Waals surface area contributed by atoms with E-state index in [-0.39, 0.29) is 29.8 Å². The van der Waals surface area contributed by atoms with E-state index in [1.807, 2.05) is 48.0 Å². The van der Waals surface area contributed by atoms with E-state index in [2.05, 4.69) is 5.32 Å². The molecule has 1 amide bonds. The normalized spacial score (nSPS) is 19.3. The minimum atomic E-state index is -0.442. The number of amides is 1. The largest absolute Gasteiger partial charge is 0.469 e. The number of aromatic nitrogens is 1. The predicted octanol–water partition coefficient (Wildman–Crippen LogP) is 5.58. The second-order valence-corrected chi connectivity index (χ2v) is 9.29. The van der Waals surface area contributed by atoms with Gasteiger partial charge in [0.2, 0.25) is 0 Å². The highest BCUT2D eigenvalue weighted by Crippen LogP contribution is 2.32. The maximum absolute atomic E-state index is 14.3. The second-order valence-electron chi connectivity index (χ2n) is 8.86. The molecule has 1 heterocycles. The zero-order valence-corrected chi connectivity index (χ0v) is 19.6. The van der Waals surface area contributed by atoms with Crippen LogP contribution in [0.3, 0.4) is 0 Å². The Hall–Kier alpha value is -2.86. The number of ether oxygens (including phenoxy) is 1. The number of hydrogen-bond donors (Lipinski definition) is 1. The number of nitrogens with one attached hydrogen (secondary N) is 1. The van der Waals surface area contributed by atoms with Crippen LogP contribution in [0.25, 0.3) is 10.9 Å². The maximum atomic E-state index is 14.3. The molecule has 1 fully saturated rings. The minimum Gasteiger partial charge on any atom is -0.469 e. The number of nitrogens with zero attached hydrogens (tertiary/aromatic N) is 1. The zero-order chi connectivity index (χ0) is 23.5. The average Bonchev–Trinajstić information content (AvgIpc) is 3.21. The molecule has 2 aromatic carbocycles. The van der Waals surface area contributed by atoms with Crippen molar-refractivity contribution in [3.05, 3.63) is 70.6 Å². The van der Waals surface area contributed by atoms with E-state index in [0.717, 1.165) is 31.2 Å². The molecular formula is C26H28ClFN2O3. The van der Waals surface area contributed by atoms with E-state index in [4.69, 9.17) is 16.3 Å². The van der Waals surface area contributed by atoms with Gasteiger partial charge in [0.05, 0.1) is 24.1 Å². The molecule has 0 radical (unpaired) electrons. The van der Waals surface area contributed by atoms with Crippen LogP contribution in [0.1, 0.15) is 48.5 Å². The van der Waals surface area contributed by atoms with Crippen molar-refractivity contribution >= 4 is 34.4 Å². The molecule has 174 valence electrons. The van der Waals surface area contributed by atoms with Gasteiger partial charge < -0.3 is 14.6 Å². The highest BCUT2D eigenvalue weighted by Gasteiger charge is 2.30. The fourth-order valence-electron chi connectivity index (χ4n) is 4.83. The number of halogens is 2. The molecule has 0 spiro atoms. The number of carbonyl (C=O) groups excluding carboxylic acids is 2. The van der Waals surface area contributed by atoms with Gasteiger partial charge in [-0.1, -0.05) is 23.7 Å². The number of carbonyl (C=O) groups is 2. The third-order valence-corrected chi connectivity index (χ3v) is 6.96. The van der Waals surface area contributed by atoms with Crippen LogP contribution < -0.4 is 5.32 Å². The lowest BCUT2D eigenvalue weighted by Gasteiger charge is -2.31. The van der Waals surface area contributed by atoms with E-state index in [0.29, 0.717) is 28.0 Å².